The van der Waals surface area contributed by atoms with E-state index in [1.165, 1.54) is 16.9 Å². The summed E-state index contributed by atoms with van der Waals surface area (Å²) in [6, 6.07) is 6.02. The first kappa shape index (κ1) is 13.8. The molecule has 0 saturated carbocycles. The Morgan fingerprint density at radius 2 is 2.29 bits per heavy atom. The molecular formula is C15H15N3O2S. The number of aryl methyl sites for hydroxylation is 1. The average Bonchev–Trinajstić information content (AvgIpc) is 3.08. The van der Waals surface area contributed by atoms with Crippen LogP contribution in [0, 0.1) is 6.92 Å². The Balaban J connectivity index is 1.69. The van der Waals surface area contributed by atoms with Crippen LogP contribution in [0.3, 0.4) is 0 Å². The zero-order valence-corrected chi connectivity index (χ0v) is 12.4. The molecule has 2 aromatic rings. The lowest BCUT2D eigenvalue weighted by molar-refractivity contribution is -0.125. The van der Waals surface area contributed by atoms with Crippen molar-refractivity contribution in [1.82, 2.24) is 4.98 Å². The zero-order valence-electron chi connectivity index (χ0n) is 11.6. The molecule has 0 radical (unpaired) electrons. The second kappa shape index (κ2) is 5.65. The molecule has 0 aliphatic carbocycles. The average molecular weight is 301 g/mol. The van der Waals surface area contributed by atoms with Crippen LogP contribution in [0.2, 0.25) is 0 Å². The molecule has 2 amide bonds. The summed E-state index contributed by atoms with van der Waals surface area (Å²) in [4.78, 5) is 29.9. The van der Waals surface area contributed by atoms with Crippen LogP contribution in [0.1, 0.15) is 17.5 Å². The van der Waals surface area contributed by atoms with Crippen molar-refractivity contribution in [3.63, 3.8) is 0 Å². The van der Waals surface area contributed by atoms with Crippen molar-refractivity contribution in [1.29, 1.82) is 0 Å². The third-order valence-electron chi connectivity index (χ3n) is 3.49. The molecule has 3 rings (SSSR count). The first-order valence-electron chi connectivity index (χ1n) is 6.73. The van der Waals surface area contributed by atoms with Crippen LogP contribution in [-0.2, 0) is 16.0 Å². The highest BCUT2D eigenvalue weighted by molar-refractivity contribution is 7.13. The summed E-state index contributed by atoms with van der Waals surface area (Å²) in [5.74, 6) is -0.492. The Kier molecular flexibility index (Phi) is 3.70. The number of hydrogen-bond acceptors (Lipinski definition) is 4. The van der Waals surface area contributed by atoms with Gasteiger partial charge in [0.25, 0.3) is 0 Å². The minimum absolute atomic E-state index is 0.159. The molecule has 6 heteroatoms. The molecular weight excluding hydrogens is 286 g/mol. The van der Waals surface area contributed by atoms with Crippen LogP contribution in [0.25, 0.3) is 0 Å². The number of aromatic nitrogens is 1. The van der Waals surface area contributed by atoms with E-state index >= 15 is 0 Å². The largest absolute Gasteiger partial charge is 0.311 e. The fraction of sp³-hybridized carbons (Fsp3) is 0.267. The number of carbonyl (C=O) groups excluding carboxylic acids is 2. The molecule has 5 nitrogen and oxygen atoms in total. The topological polar surface area (TPSA) is 62.3 Å². The van der Waals surface area contributed by atoms with Crippen LogP contribution in [0.5, 0.6) is 0 Å². The summed E-state index contributed by atoms with van der Waals surface area (Å²) in [7, 11) is 0. The highest BCUT2D eigenvalue weighted by Gasteiger charge is 2.27. The monoisotopic (exact) mass is 301 g/mol. The molecule has 0 spiro atoms. The van der Waals surface area contributed by atoms with E-state index in [0.29, 0.717) is 11.7 Å². The maximum atomic E-state index is 12.3. The van der Waals surface area contributed by atoms with Gasteiger partial charge in [-0.1, -0.05) is 18.2 Å². The molecule has 0 bridgehead atoms. The van der Waals surface area contributed by atoms with E-state index in [9.17, 15) is 9.59 Å². The molecule has 0 unspecified atom stereocenters. The van der Waals surface area contributed by atoms with E-state index in [2.05, 4.69) is 10.3 Å². The summed E-state index contributed by atoms with van der Waals surface area (Å²) in [5.41, 5.74) is 3.20. The van der Waals surface area contributed by atoms with Crippen LogP contribution in [0.4, 0.5) is 10.8 Å². The Hall–Kier alpha value is -2.21. The van der Waals surface area contributed by atoms with Gasteiger partial charge in [-0.3, -0.25) is 9.59 Å². The predicted molar refractivity (Wildman–Crippen MR) is 82.6 cm³/mol. The lowest BCUT2D eigenvalue weighted by atomic mass is 10.1. The van der Waals surface area contributed by atoms with Crippen LogP contribution in [-0.4, -0.2) is 23.3 Å². The Bertz CT molecular complexity index is 682. The Labute approximate surface area is 126 Å². The number of hydrogen-bond donors (Lipinski definition) is 1. The van der Waals surface area contributed by atoms with Gasteiger partial charge in [-0.15, -0.1) is 11.3 Å². The van der Waals surface area contributed by atoms with Gasteiger partial charge in [0.05, 0.1) is 0 Å². The number of nitrogens with one attached hydrogen (secondary N) is 1. The van der Waals surface area contributed by atoms with E-state index in [4.69, 9.17) is 0 Å². The number of fused-ring (bicyclic) bond motifs is 1. The molecule has 1 aliphatic rings. The lowest BCUT2D eigenvalue weighted by Gasteiger charge is -2.18. The van der Waals surface area contributed by atoms with E-state index in [-0.39, 0.29) is 18.2 Å². The number of benzene rings is 1. The quantitative estimate of drug-likeness (QED) is 0.885. The van der Waals surface area contributed by atoms with Crippen LogP contribution >= 0.6 is 11.3 Å². The summed E-state index contributed by atoms with van der Waals surface area (Å²) in [5, 5.41) is 4.93. The minimum Gasteiger partial charge on any atom is -0.311 e. The molecule has 0 atom stereocenters. The minimum atomic E-state index is -0.322. The molecule has 1 aromatic heterocycles. The van der Waals surface area contributed by atoms with Gasteiger partial charge in [-0.05, 0) is 24.5 Å². The van der Waals surface area contributed by atoms with Crippen molar-refractivity contribution >= 4 is 34.0 Å². The highest BCUT2D eigenvalue weighted by atomic mass is 32.1. The number of amides is 2. The number of nitrogens with zero attached hydrogens (tertiary/aromatic N) is 2. The molecule has 0 fully saturated rings. The van der Waals surface area contributed by atoms with Gasteiger partial charge >= 0.3 is 0 Å². The van der Waals surface area contributed by atoms with Gasteiger partial charge in [0.2, 0.25) is 11.8 Å². The highest BCUT2D eigenvalue weighted by Crippen LogP contribution is 2.31. The normalized spacial score (nSPS) is 13.1. The van der Waals surface area contributed by atoms with Gasteiger partial charge in [0.15, 0.2) is 5.13 Å². The first-order chi connectivity index (χ1) is 10.1. The molecule has 1 aliphatic heterocycles. The Morgan fingerprint density at radius 1 is 1.43 bits per heavy atom. The summed E-state index contributed by atoms with van der Waals surface area (Å²) in [6.45, 7) is 2.63. The van der Waals surface area contributed by atoms with Gasteiger partial charge in [-0.25, -0.2) is 4.98 Å². The fourth-order valence-electron chi connectivity index (χ4n) is 2.58. The van der Waals surface area contributed by atoms with Crippen molar-refractivity contribution in [2.75, 3.05) is 16.8 Å². The van der Waals surface area contributed by atoms with E-state index in [1.54, 1.807) is 16.5 Å². The fourth-order valence-corrected chi connectivity index (χ4v) is 3.13. The van der Waals surface area contributed by atoms with Gasteiger partial charge in [0, 0.05) is 23.8 Å². The van der Waals surface area contributed by atoms with E-state index in [1.807, 2.05) is 25.1 Å². The predicted octanol–water partition coefficient (Wildman–Crippen LogP) is 2.37. The molecule has 21 heavy (non-hydrogen) atoms. The van der Waals surface area contributed by atoms with Crippen LogP contribution in [0.15, 0.2) is 29.8 Å². The van der Waals surface area contributed by atoms with Gasteiger partial charge in [-0.2, -0.15) is 0 Å². The SMILES string of the molecule is Cc1cccc2c1N(C(=O)CC(=O)Nc1nccs1)CC2. The number of anilines is 2. The summed E-state index contributed by atoms with van der Waals surface area (Å²) >= 11 is 1.33. The number of carbonyl (C=O) groups is 2. The van der Waals surface area contributed by atoms with E-state index < -0.39 is 0 Å². The van der Waals surface area contributed by atoms with Gasteiger partial charge in [0.1, 0.15) is 6.42 Å². The number of rotatable bonds is 3. The maximum Gasteiger partial charge on any atom is 0.236 e. The zero-order chi connectivity index (χ0) is 14.8. The Morgan fingerprint density at radius 3 is 3.05 bits per heavy atom. The third-order valence-corrected chi connectivity index (χ3v) is 4.18. The van der Waals surface area contributed by atoms with Crippen molar-refractivity contribution < 1.29 is 9.59 Å². The molecule has 2 heterocycles. The molecule has 1 N–H and O–H groups in total. The smallest absolute Gasteiger partial charge is 0.236 e. The number of thiazole rings is 1. The molecule has 108 valence electrons. The van der Waals surface area contributed by atoms with Crippen molar-refractivity contribution in [2.45, 2.75) is 19.8 Å². The van der Waals surface area contributed by atoms with Crippen molar-refractivity contribution in [3.05, 3.63) is 40.9 Å². The second-order valence-electron chi connectivity index (χ2n) is 4.94. The third kappa shape index (κ3) is 2.80. The lowest BCUT2D eigenvalue weighted by Crippen LogP contribution is -2.32. The molecule has 0 saturated heterocycles. The summed E-state index contributed by atoms with van der Waals surface area (Å²) in [6.07, 6.45) is 2.30. The van der Waals surface area contributed by atoms with Gasteiger partial charge < -0.3 is 10.2 Å². The van der Waals surface area contributed by atoms with E-state index in [0.717, 1.165) is 17.7 Å². The molecule has 1 aromatic carbocycles. The first-order valence-corrected chi connectivity index (χ1v) is 7.61. The maximum absolute atomic E-state index is 12.3. The van der Waals surface area contributed by atoms with Crippen molar-refractivity contribution in [3.8, 4) is 0 Å². The standard InChI is InChI=1S/C15H15N3O2S/c1-10-3-2-4-11-5-7-18(14(10)11)13(20)9-12(19)17-15-16-6-8-21-15/h2-4,6,8H,5,7,9H2,1H3,(H,16,17,19). The van der Waals surface area contributed by atoms with Crippen LogP contribution < -0.4 is 10.2 Å². The number of para-hydroxylation sites is 1. The summed E-state index contributed by atoms with van der Waals surface area (Å²) < 4.78 is 0. The second-order valence-corrected chi connectivity index (χ2v) is 5.83. The van der Waals surface area contributed by atoms with Crippen molar-refractivity contribution in [2.24, 2.45) is 0 Å².